The topological polar surface area (TPSA) is 45.8 Å². The number of hydrogen-bond donors (Lipinski definition) is 1. The number of benzene rings is 1. The molecule has 0 aliphatic carbocycles. The molecule has 0 aliphatic rings. The highest BCUT2D eigenvalue weighted by molar-refractivity contribution is 5.60. The zero-order valence-electron chi connectivity index (χ0n) is 12.4. The lowest BCUT2D eigenvalue weighted by molar-refractivity contribution is 0.194. The van der Waals surface area contributed by atoms with E-state index in [1.54, 1.807) is 20.3 Å². The van der Waals surface area contributed by atoms with E-state index in [0.29, 0.717) is 5.75 Å². The van der Waals surface area contributed by atoms with Gasteiger partial charge in [0.05, 0.1) is 19.5 Å². The highest BCUT2D eigenvalue weighted by Gasteiger charge is 2.17. The molecule has 0 amide bonds. The molecular formula is C16H21NO3. The number of anilines is 1. The first-order chi connectivity index (χ1) is 9.54. The van der Waals surface area contributed by atoms with Crippen LogP contribution in [-0.4, -0.2) is 19.3 Å². The van der Waals surface area contributed by atoms with E-state index in [9.17, 15) is 5.11 Å². The third-order valence-electron chi connectivity index (χ3n) is 3.47. The Balaban J connectivity index is 2.34. The molecule has 0 radical (unpaired) electrons. The van der Waals surface area contributed by atoms with Crippen LogP contribution in [0, 0.1) is 6.92 Å². The van der Waals surface area contributed by atoms with Gasteiger partial charge in [-0.2, -0.15) is 0 Å². The van der Waals surface area contributed by atoms with Crippen LogP contribution >= 0.6 is 0 Å². The SMILES string of the molecule is COc1cccc(N(C)Cc2ccoc2C)c1[C@@H](C)O. The molecule has 0 aliphatic heterocycles. The molecule has 1 aromatic carbocycles. The average molecular weight is 275 g/mol. The van der Waals surface area contributed by atoms with Gasteiger partial charge >= 0.3 is 0 Å². The predicted octanol–water partition coefficient (Wildman–Crippen LogP) is 3.29. The van der Waals surface area contributed by atoms with Crippen molar-refractivity contribution < 1.29 is 14.3 Å². The predicted molar refractivity (Wildman–Crippen MR) is 79.2 cm³/mol. The first kappa shape index (κ1) is 14.5. The summed E-state index contributed by atoms with van der Waals surface area (Å²) in [6.07, 6.45) is 1.11. The second-order valence-electron chi connectivity index (χ2n) is 4.93. The molecule has 1 heterocycles. The Hall–Kier alpha value is -1.94. The van der Waals surface area contributed by atoms with E-state index < -0.39 is 6.10 Å². The summed E-state index contributed by atoms with van der Waals surface area (Å²) in [5, 5.41) is 10.0. The second-order valence-corrected chi connectivity index (χ2v) is 4.93. The fourth-order valence-electron chi connectivity index (χ4n) is 2.38. The molecule has 0 saturated heterocycles. The third kappa shape index (κ3) is 2.80. The molecule has 2 aromatic rings. The van der Waals surface area contributed by atoms with Gasteiger partial charge < -0.3 is 19.2 Å². The monoisotopic (exact) mass is 275 g/mol. The lowest BCUT2D eigenvalue weighted by atomic mass is 10.1. The number of hydrogen-bond acceptors (Lipinski definition) is 4. The Morgan fingerprint density at radius 2 is 2.10 bits per heavy atom. The van der Waals surface area contributed by atoms with E-state index in [1.807, 2.05) is 38.2 Å². The van der Waals surface area contributed by atoms with E-state index in [4.69, 9.17) is 9.15 Å². The van der Waals surface area contributed by atoms with Gasteiger partial charge in [-0.25, -0.2) is 0 Å². The lowest BCUT2D eigenvalue weighted by Gasteiger charge is -2.25. The molecule has 1 N–H and O–H groups in total. The number of aliphatic hydroxyl groups is 1. The van der Waals surface area contributed by atoms with Gasteiger partial charge in [-0.3, -0.25) is 0 Å². The van der Waals surface area contributed by atoms with Gasteiger partial charge in [0.2, 0.25) is 0 Å². The van der Waals surface area contributed by atoms with Crippen LogP contribution < -0.4 is 9.64 Å². The Morgan fingerprint density at radius 3 is 2.65 bits per heavy atom. The minimum absolute atomic E-state index is 0.589. The van der Waals surface area contributed by atoms with Gasteiger partial charge in [0.15, 0.2) is 0 Å². The van der Waals surface area contributed by atoms with Crippen molar-refractivity contribution in [2.45, 2.75) is 26.5 Å². The van der Waals surface area contributed by atoms with Gasteiger partial charge in [-0.1, -0.05) is 6.07 Å². The maximum atomic E-state index is 10.0. The summed E-state index contributed by atoms with van der Waals surface area (Å²) in [5.41, 5.74) is 2.89. The van der Waals surface area contributed by atoms with E-state index in [-0.39, 0.29) is 0 Å². The minimum Gasteiger partial charge on any atom is -0.496 e. The zero-order valence-corrected chi connectivity index (χ0v) is 12.4. The molecule has 20 heavy (non-hydrogen) atoms. The van der Waals surface area contributed by atoms with Crippen molar-refractivity contribution in [2.24, 2.45) is 0 Å². The van der Waals surface area contributed by atoms with E-state index >= 15 is 0 Å². The van der Waals surface area contributed by atoms with Gasteiger partial charge in [0.25, 0.3) is 0 Å². The van der Waals surface area contributed by atoms with Crippen LogP contribution in [0.4, 0.5) is 5.69 Å². The number of rotatable bonds is 5. The molecule has 108 valence electrons. The lowest BCUT2D eigenvalue weighted by Crippen LogP contribution is -2.19. The van der Waals surface area contributed by atoms with Crippen LogP contribution in [0.3, 0.4) is 0 Å². The molecule has 4 nitrogen and oxygen atoms in total. The standard InChI is InChI=1S/C16H21NO3/c1-11(18)16-14(6-5-7-15(16)19-4)17(3)10-13-8-9-20-12(13)2/h5-9,11,18H,10H2,1-4H3/t11-/m1/s1. The van der Waals surface area contributed by atoms with Gasteiger partial charge in [0, 0.05) is 30.4 Å². The van der Waals surface area contributed by atoms with Crippen molar-refractivity contribution >= 4 is 5.69 Å². The molecule has 2 rings (SSSR count). The maximum absolute atomic E-state index is 10.0. The van der Waals surface area contributed by atoms with Gasteiger partial charge in [-0.15, -0.1) is 0 Å². The third-order valence-corrected chi connectivity index (χ3v) is 3.47. The van der Waals surface area contributed by atoms with Crippen LogP contribution in [0.1, 0.15) is 29.9 Å². The maximum Gasteiger partial charge on any atom is 0.126 e. The van der Waals surface area contributed by atoms with Crippen molar-refractivity contribution in [3.05, 3.63) is 47.4 Å². The fourth-order valence-corrected chi connectivity index (χ4v) is 2.38. The molecule has 4 heteroatoms. The van der Waals surface area contributed by atoms with E-state index in [0.717, 1.165) is 29.1 Å². The smallest absolute Gasteiger partial charge is 0.126 e. The summed E-state index contributed by atoms with van der Waals surface area (Å²) in [6.45, 7) is 4.41. The highest BCUT2D eigenvalue weighted by Crippen LogP contribution is 2.34. The molecule has 0 saturated carbocycles. The normalized spacial score (nSPS) is 12.2. The van der Waals surface area contributed by atoms with Crippen LogP contribution in [0.15, 0.2) is 34.9 Å². The number of furan rings is 1. The Kier molecular flexibility index (Phi) is 4.35. The molecular weight excluding hydrogens is 254 g/mol. The number of nitrogens with zero attached hydrogens (tertiary/aromatic N) is 1. The second kappa shape index (κ2) is 6.01. The quantitative estimate of drug-likeness (QED) is 0.909. The summed E-state index contributed by atoms with van der Waals surface area (Å²) in [5.74, 6) is 1.62. The van der Waals surface area contributed by atoms with E-state index in [1.165, 1.54) is 0 Å². The van der Waals surface area contributed by atoms with Crippen molar-refractivity contribution in [3.63, 3.8) is 0 Å². The minimum atomic E-state index is -0.589. The summed E-state index contributed by atoms with van der Waals surface area (Å²) < 4.78 is 10.7. The van der Waals surface area contributed by atoms with Gasteiger partial charge in [-0.05, 0) is 32.0 Å². The Bertz CT molecular complexity index is 575. The van der Waals surface area contributed by atoms with Crippen molar-refractivity contribution in [1.29, 1.82) is 0 Å². The van der Waals surface area contributed by atoms with E-state index in [2.05, 4.69) is 4.90 Å². The molecule has 0 unspecified atom stereocenters. The first-order valence-corrected chi connectivity index (χ1v) is 6.63. The molecule has 0 spiro atoms. The Labute approximate surface area is 119 Å². The molecule has 0 fully saturated rings. The number of methoxy groups -OCH3 is 1. The van der Waals surface area contributed by atoms with Crippen LogP contribution in [-0.2, 0) is 6.54 Å². The van der Waals surface area contributed by atoms with Crippen LogP contribution in [0.25, 0.3) is 0 Å². The number of ether oxygens (including phenoxy) is 1. The van der Waals surface area contributed by atoms with Gasteiger partial charge in [0.1, 0.15) is 11.5 Å². The molecule has 0 bridgehead atoms. The average Bonchev–Trinajstić information content (AvgIpc) is 2.83. The Morgan fingerprint density at radius 1 is 1.35 bits per heavy atom. The number of aliphatic hydroxyl groups excluding tert-OH is 1. The summed E-state index contributed by atoms with van der Waals surface area (Å²) in [7, 11) is 3.61. The van der Waals surface area contributed by atoms with Crippen molar-refractivity contribution in [2.75, 3.05) is 19.1 Å². The van der Waals surface area contributed by atoms with Crippen LogP contribution in [0.2, 0.25) is 0 Å². The highest BCUT2D eigenvalue weighted by atomic mass is 16.5. The zero-order chi connectivity index (χ0) is 14.7. The van der Waals surface area contributed by atoms with Crippen molar-refractivity contribution in [3.8, 4) is 5.75 Å². The first-order valence-electron chi connectivity index (χ1n) is 6.63. The fraction of sp³-hybridized carbons (Fsp3) is 0.375. The molecule has 1 atom stereocenters. The summed E-state index contributed by atoms with van der Waals surface area (Å²) in [6, 6.07) is 7.75. The van der Waals surface area contributed by atoms with Crippen molar-refractivity contribution in [1.82, 2.24) is 0 Å². The van der Waals surface area contributed by atoms with Crippen LogP contribution in [0.5, 0.6) is 5.75 Å². The number of aryl methyl sites for hydroxylation is 1. The summed E-state index contributed by atoms with van der Waals surface area (Å²) >= 11 is 0. The largest absolute Gasteiger partial charge is 0.496 e. The molecule has 1 aromatic heterocycles. The summed E-state index contributed by atoms with van der Waals surface area (Å²) in [4.78, 5) is 2.09.